The lowest BCUT2D eigenvalue weighted by molar-refractivity contribution is -0.155. The van der Waals surface area contributed by atoms with Gasteiger partial charge in [0.05, 0.1) is 16.5 Å². The van der Waals surface area contributed by atoms with E-state index in [9.17, 15) is 9.59 Å². The van der Waals surface area contributed by atoms with Crippen LogP contribution in [0, 0.1) is 0 Å². The summed E-state index contributed by atoms with van der Waals surface area (Å²) < 4.78 is 9.54. The predicted octanol–water partition coefficient (Wildman–Crippen LogP) is 2.75. The smallest absolute Gasteiger partial charge is 0.217 e. The molecule has 0 fully saturated rings. The lowest BCUT2D eigenvalue weighted by atomic mass is 10.1. The van der Waals surface area contributed by atoms with Gasteiger partial charge in [0.2, 0.25) is 6.29 Å². The largest absolute Gasteiger partial charge is 0.349 e. The highest BCUT2D eigenvalue weighted by Crippen LogP contribution is 2.23. The molecule has 0 unspecified atom stereocenters. The van der Waals surface area contributed by atoms with Crippen LogP contribution in [0.4, 0.5) is 0 Å². The maximum absolute atomic E-state index is 11.8. The van der Waals surface area contributed by atoms with E-state index in [0.29, 0.717) is 10.6 Å². The molecule has 0 amide bonds. The van der Waals surface area contributed by atoms with Gasteiger partial charge < -0.3 is 9.47 Å². The van der Waals surface area contributed by atoms with Crippen LogP contribution in [0.5, 0.6) is 0 Å². The molecule has 0 saturated heterocycles. The second-order valence-corrected chi connectivity index (χ2v) is 4.31. The topological polar surface area (TPSA) is 52.6 Å². The van der Waals surface area contributed by atoms with Crippen LogP contribution >= 0.6 is 23.2 Å². The number of rotatable bonds is 6. The molecule has 4 nitrogen and oxygen atoms in total. The van der Waals surface area contributed by atoms with Crippen LogP contribution in [-0.2, 0) is 14.3 Å². The van der Waals surface area contributed by atoms with Crippen molar-refractivity contribution in [2.24, 2.45) is 0 Å². The summed E-state index contributed by atoms with van der Waals surface area (Å²) in [6.45, 7) is 0. The number of carbonyl (C=O) groups excluding carboxylic acids is 2. The molecule has 0 saturated carbocycles. The first-order valence-corrected chi connectivity index (χ1v) is 5.81. The molecule has 0 bridgehead atoms. The van der Waals surface area contributed by atoms with E-state index in [-0.39, 0.29) is 17.2 Å². The molecule has 1 aromatic carbocycles. The standard InChI is InChI=1S/C12H12Cl2O4/c1-17-12(18-2)11(16)6-10(15)7-3-4-8(13)9(14)5-7/h3-5,12H,6H2,1-2H3. The zero-order valence-electron chi connectivity index (χ0n) is 9.91. The summed E-state index contributed by atoms with van der Waals surface area (Å²) in [6, 6.07) is 4.44. The molecule has 98 valence electrons. The van der Waals surface area contributed by atoms with E-state index < -0.39 is 12.1 Å². The third-order valence-electron chi connectivity index (χ3n) is 2.27. The minimum absolute atomic E-state index is 0.269. The monoisotopic (exact) mass is 290 g/mol. The van der Waals surface area contributed by atoms with Crippen LogP contribution in [0.25, 0.3) is 0 Å². The number of ketones is 2. The molecule has 0 aliphatic rings. The highest BCUT2D eigenvalue weighted by molar-refractivity contribution is 6.42. The fourth-order valence-corrected chi connectivity index (χ4v) is 1.67. The maximum Gasteiger partial charge on any atom is 0.217 e. The zero-order valence-corrected chi connectivity index (χ0v) is 11.4. The van der Waals surface area contributed by atoms with Crippen LogP contribution in [0.1, 0.15) is 16.8 Å². The lowest BCUT2D eigenvalue weighted by Gasteiger charge is -2.11. The molecule has 0 atom stereocenters. The number of halogens is 2. The first-order valence-electron chi connectivity index (χ1n) is 5.06. The molecule has 0 spiro atoms. The number of benzene rings is 1. The first-order chi connectivity index (χ1) is 8.49. The van der Waals surface area contributed by atoms with Crippen molar-refractivity contribution in [1.82, 2.24) is 0 Å². The van der Waals surface area contributed by atoms with Gasteiger partial charge in [-0.25, -0.2) is 0 Å². The van der Waals surface area contributed by atoms with Crippen molar-refractivity contribution >= 4 is 34.8 Å². The fourth-order valence-electron chi connectivity index (χ4n) is 1.37. The van der Waals surface area contributed by atoms with Gasteiger partial charge in [0, 0.05) is 19.8 Å². The third-order valence-corrected chi connectivity index (χ3v) is 3.01. The Labute approximate surface area is 115 Å². The molecule has 6 heteroatoms. The zero-order chi connectivity index (χ0) is 13.7. The van der Waals surface area contributed by atoms with Gasteiger partial charge in [0.25, 0.3) is 0 Å². The Morgan fingerprint density at radius 2 is 1.78 bits per heavy atom. The van der Waals surface area contributed by atoms with E-state index in [0.717, 1.165) is 0 Å². The number of methoxy groups -OCH3 is 2. The van der Waals surface area contributed by atoms with E-state index in [1.54, 1.807) is 0 Å². The van der Waals surface area contributed by atoms with Crippen LogP contribution < -0.4 is 0 Å². The van der Waals surface area contributed by atoms with Crippen LogP contribution in [0.2, 0.25) is 10.0 Å². The van der Waals surface area contributed by atoms with Gasteiger partial charge in [0.1, 0.15) is 0 Å². The Morgan fingerprint density at radius 1 is 1.17 bits per heavy atom. The average Bonchev–Trinajstić information content (AvgIpc) is 2.34. The van der Waals surface area contributed by atoms with E-state index in [4.69, 9.17) is 32.7 Å². The number of Topliss-reactive ketones (excluding diaryl/α,β-unsaturated/α-hetero) is 2. The molecular formula is C12H12Cl2O4. The summed E-state index contributed by atoms with van der Waals surface area (Å²) in [6.07, 6.45) is -1.35. The van der Waals surface area contributed by atoms with Gasteiger partial charge >= 0.3 is 0 Å². The van der Waals surface area contributed by atoms with Crippen molar-refractivity contribution in [3.63, 3.8) is 0 Å². The van der Waals surface area contributed by atoms with Gasteiger partial charge in [0.15, 0.2) is 11.6 Å². The molecule has 18 heavy (non-hydrogen) atoms. The minimum atomic E-state index is -1.03. The molecule has 1 rings (SSSR count). The molecule has 1 aromatic rings. The van der Waals surface area contributed by atoms with Gasteiger partial charge in [-0.05, 0) is 18.2 Å². The highest BCUT2D eigenvalue weighted by atomic mass is 35.5. The van der Waals surface area contributed by atoms with Crippen molar-refractivity contribution < 1.29 is 19.1 Å². The second kappa shape index (κ2) is 6.85. The number of carbonyl (C=O) groups is 2. The Bertz CT molecular complexity index is 455. The van der Waals surface area contributed by atoms with Gasteiger partial charge in [-0.1, -0.05) is 23.2 Å². The van der Waals surface area contributed by atoms with E-state index in [2.05, 4.69) is 0 Å². The molecule has 0 aliphatic heterocycles. The summed E-state index contributed by atoms with van der Waals surface area (Å²) in [7, 11) is 2.66. The van der Waals surface area contributed by atoms with Crippen molar-refractivity contribution in [1.29, 1.82) is 0 Å². The Morgan fingerprint density at radius 3 is 2.28 bits per heavy atom. The Hall–Kier alpha value is -0.940. The summed E-state index contributed by atoms with van der Waals surface area (Å²) in [5.74, 6) is -0.811. The minimum Gasteiger partial charge on any atom is -0.349 e. The molecule has 0 heterocycles. The first kappa shape index (κ1) is 15.1. The van der Waals surface area contributed by atoms with E-state index in [1.807, 2.05) is 0 Å². The Kier molecular flexibility index (Phi) is 5.75. The molecular weight excluding hydrogens is 279 g/mol. The SMILES string of the molecule is COC(OC)C(=O)CC(=O)c1ccc(Cl)c(Cl)c1. The van der Waals surface area contributed by atoms with Crippen LogP contribution in [-0.4, -0.2) is 32.1 Å². The highest BCUT2D eigenvalue weighted by Gasteiger charge is 2.21. The van der Waals surface area contributed by atoms with E-state index in [1.165, 1.54) is 32.4 Å². The normalized spacial score (nSPS) is 10.7. The van der Waals surface area contributed by atoms with Crippen molar-refractivity contribution in [3.8, 4) is 0 Å². The molecule has 0 aliphatic carbocycles. The van der Waals surface area contributed by atoms with Crippen molar-refractivity contribution in [2.45, 2.75) is 12.7 Å². The van der Waals surface area contributed by atoms with Crippen LogP contribution in [0.15, 0.2) is 18.2 Å². The second-order valence-electron chi connectivity index (χ2n) is 3.50. The number of hydrogen-bond donors (Lipinski definition) is 0. The summed E-state index contributed by atoms with van der Waals surface area (Å²) in [5, 5.41) is 0.621. The van der Waals surface area contributed by atoms with Crippen molar-refractivity contribution in [3.05, 3.63) is 33.8 Å². The van der Waals surface area contributed by atoms with Gasteiger partial charge in [-0.2, -0.15) is 0 Å². The van der Waals surface area contributed by atoms with Gasteiger partial charge in [-0.15, -0.1) is 0 Å². The average molecular weight is 291 g/mol. The number of ether oxygens (including phenoxy) is 2. The van der Waals surface area contributed by atoms with E-state index >= 15 is 0 Å². The fraction of sp³-hybridized carbons (Fsp3) is 0.333. The summed E-state index contributed by atoms with van der Waals surface area (Å²) in [4.78, 5) is 23.4. The third kappa shape index (κ3) is 3.78. The Balaban J connectivity index is 2.76. The van der Waals surface area contributed by atoms with Crippen LogP contribution in [0.3, 0.4) is 0 Å². The molecule has 0 aromatic heterocycles. The molecule has 0 radical (unpaired) electrons. The quantitative estimate of drug-likeness (QED) is 0.459. The lowest BCUT2D eigenvalue weighted by Crippen LogP contribution is -2.27. The predicted molar refractivity (Wildman–Crippen MR) is 68.2 cm³/mol. The maximum atomic E-state index is 11.8. The van der Waals surface area contributed by atoms with Crippen molar-refractivity contribution in [2.75, 3.05) is 14.2 Å². The van der Waals surface area contributed by atoms with Gasteiger partial charge in [-0.3, -0.25) is 9.59 Å². The summed E-state index contributed by atoms with van der Waals surface area (Å²) >= 11 is 11.5. The number of hydrogen-bond acceptors (Lipinski definition) is 4. The molecule has 0 N–H and O–H groups in total. The summed E-state index contributed by atoms with van der Waals surface area (Å²) in [5.41, 5.74) is 0.323.